The van der Waals surface area contributed by atoms with Crippen LogP contribution in [-0.2, 0) is 13.0 Å². The molecule has 0 N–H and O–H groups in total. The zero-order valence-corrected chi connectivity index (χ0v) is 16.4. The monoisotopic (exact) mass is 381 g/mol. The fourth-order valence-corrected chi connectivity index (χ4v) is 4.27. The van der Waals surface area contributed by atoms with Crippen molar-refractivity contribution in [2.45, 2.75) is 32.2 Å². The normalized spacial score (nSPS) is 17.0. The fraction of sp³-hybridized carbons (Fsp3) is 0.455. The first-order valence-corrected chi connectivity index (χ1v) is 10.1. The second-order valence-corrected chi connectivity index (χ2v) is 7.45. The minimum atomic E-state index is -0.0702. The van der Waals surface area contributed by atoms with Gasteiger partial charge < -0.3 is 19.1 Å². The van der Waals surface area contributed by atoms with E-state index in [4.69, 9.17) is 4.74 Å². The van der Waals surface area contributed by atoms with Gasteiger partial charge in [0.2, 0.25) is 0 Å². The number of para-hydroxylation sites is 1. The summed E-state index contributed by atoms with van der Waals surface area (Å²) in [4.78, 5) is 30.1. The molecule has 1 aromatic heterocycles. The molecule has 1 aromatic carbocycles. The summed E-state index contributed by atoms with van der Waals surface area (Å²) >= 11 is 0. The number of nitrogens with zero attached hydrogens (tertiary/aromatic N) is 3. The Bertz CT molecular complexity index is 899. The number of ether oxygens (including phenoxy) is 1. The highest BCUT2D eigenvalue weighted by Crippen LogP contribution is 2.27. The SMILES string of the molecule is COc1cc(=O)n2c(c1C(=O)N1CCN(c3ccccc3)CC1)CCCCC2. The van der Waals surface area contributed by atoms with E-state index in [1.807, 2.05) is 23.1 Å². The molecule has 2 aliphatic heterocycles. The highest BCUT2D eigenvalue weighted by Gasteiger charge is 2.29. The van der Waals surface area contributed by atoms with Crippen LogP contribution in [0.2, 0.25) is 0 Å². The zero-order valence-electron chi connectivity index (χ0n) is 16.4. The van der Waals surface area contributed by atoms with Gasteiger partial charge >= 0.3 is 0 Å². The van der Waals surface area contributed by atoms with E-state index in [0.717, 1.165) is 44.5 Å². The molecule has 1 amide bonds. The van der Waals surface area contributed by atoms with Crippen LogP contribution >= 0.6 is 0 Å². The molecule has 2 aliphatic rings. The van der Waals surface area contributed by atoms with Crippen LogP contribution in [0.15, 0.2) is 41.2 Å². The van der Waals surface area contributed by atoms with Gasteiger partial charge in [0.05, 0.1) is 7.11 Å². The third kappa shape index (κ3) is 3.51. The van der Waals surface area contributed by atoms with Crippen LogP contribution in [0.4, 0.5) is 5.69 Å². The summed E-state index contributed by atoms with van der Waals surface area (Å²) < 4.78 is 7.24. The van der Waals surface area contributed by atoms with Gasteiger partial charge in [-0.3, -0.25) is 9.59 Å². The topological polar surface area (TPSA) is 54.8 Å². The van der Waals surface area contributed by atoms with Crippen LogP contribution < -0.4 is 15.2 Å². The van der Waals surface area contributed by atoms with Gasteiger partial charge in [-0.1, -0.05) is 24.6 Å². The van der Waals surface area contributed by atoms with Crippen LogP contribution in [0.5, 0.6) is 5.75 Å². The molecule has 2 aromatic rings. The third-order valence-corrected chi connectivity index (χ3v) is 5.80. The standard InChI is InChI=1S/C22H27N3O3/c1-28-19-16-20(26)25-11-7-3-6-10-18(25)21(19)22(27)24-14-12-23(13-15-24)17-8-4-2-5-9-17/h2,4-5,8-9,16H,3,6-7,10-15H2,1H3. The first-order chi connectivity index (χ1) is 13.7. The van der Waals surface area contributed by atoms with E-state index in [1.165, 1.54) is 18.9 Å². The number of amides is 1. The van der Waals surface area contributed by atoms with Gasteiger partial charge in [-0.05, 0) is 31.4 Å². The van der Waals surface area contributed by atoms with Crippen molar-refractivity contribution in [2.75, 3.05) is 38.2 Å². The van der Waals surface area contributed by atoms with E-state index in [2.05, 4.69) is 17.0 Å². The molecule has 1 fully saturated rings. The summed E-state index contributed by atoms with van der Waals surface area (Å²) in [6, 6.07) is 11.8. The molecule has 0 saturated carbocycles. The van der Waals surface area contributed by atoms with Gasteiger partial charge in [-0.25, -0.2) is 0 Å². The molecule has 0 spiro atoms. The summed E-state index contributed by atoms with van der Waals surface area (Å²) in [7, 11) is 1.53. The van der Waals surface area contributed by atoms with E-state index in [0.29, 0.717) is 30.9 Å². The zero-order chi connectivity index (χ0) is 19.5. The van der Waals surface area contributed by atoms with E-state index in [-0.39, 0.29) is 11.5 Å². The highest BCUT2D eigenvalue weighted by atomic mass is 16.5. The second-order valence-electron chi connectivity index (χ2n) is 7.45. The summed E-state index contributed by atoms with van der Waals surface area (Å²) in [5.74, 6) is 0.392. The van der Waals surface area contributed by atoms with Crippen molar-refractivity contribution in [3.05, 3.63) is 58.0 Å². The maximum Gasteiger partial charge on any atom is 0.259 e. The van der Waals surface area contributed by atoms with Crippen LogP contribution in [0.1, 0.15) is 35.3 Å². The molecule has 4 rings (SSSR count). The lowest BCUT2D eigenvalue weighted by molar-refractivity contribution is 0.0741. The molecular formula is C22H27N3O3. The molecule has 3 heterocycles. The number of carbonyl (C=O) groups is 1. The lowest BCUT2D eigenvalue weighted by Crippen LogP contribution is -2.49. The molecule has 6 heteroatoms. The number of aromatic nitrogens is 1. The average molecular weight is 381 g/mol. The predicted octanol–water partition coefficient (Wildman–Crippen LogP) is 2.55. The smallest absolute Gasteiger partial charge is 0.259 e. The third-order valence-electron chi connectivity index (χ3n) is 5.80. The number of rotatable bonds is 3. The Kier molecular flexibility index (Phi) is 5.37. The number of piperazine rings is 1. The second kappa shape index (κ2) is 8.09. The summed E-state index contributed by atoms with van der Waals surface area (Å²) in [5.41, 5.74) is 2.54. The summed E-state index contributed by atoms with van der Waals surface area (Å²) in [5, 5.41) is 0. The Morgan fingerprint density at radius 2 is 1.71 bits per heavy atom. The molecule has 1 saturated heterocycles. The van der Waals surface area contributed by atoms with Crippen molar-refractivity contribution < 1.29 is 9.53 Å². The van der Waals surface area contributed by atoms with Gasteiger partial charge in [0.1, 0.15) is 11.3 Å². The van der Waals surface area contributed by atoms with E-state index >= 15 is 0 Å². The molecule has 148 valence electrons. The Hall–Kier alpha value is -2.76. The Balaban J connectivity index is 1.59. The number of carbonyl (C=O) groups excluding carboxylic acids is 1. The number of anilines is 1. The number of methoxy groups -OCH3 is 1. The minimum Gasteiger partial charge on any atom is -0.496 e. The molecule has 0 radical (unpaired) electrons. The first kappa shape index (κ1) is 18.6. The van der Waals surface area contributed by atoms with Crippen LogP contribution in [0, 0.1) is 0 Å². The van der Waals surface area contributed by atoms with Crippen LogP contribution in [-0.4, -0.2) is 48.7 Å². The van der Waals surface area contributed by atoms with Gasteiger partial charge in [0, 0.05) is 50.2 Å². The molecular weight excluding hydrogens is 354 g/mol. The predicted molar refractivity (Wildman–Crippen MR) is 109 cm³/mol. The van der Waals surface area contributed by atoms with Crippen LogP contribution in [0.3, 0.4) is 0 Å². The average Bonchev–Trinajstić information content (AvgIpc) is 3.00. The van der Waals surface area contributed by atoms with Crippen molar-refractivity contribution in [1.29, 1.82) is 0 Å². The van der Waals surface area contributed by atoms with Crippen molar-refractivity contribution in [3.63, 3.8) is 0 Å². The Morgan fingerprint density at radius 1 is 0.964 bits per heavy atom. The van der Waals surface area contributed by atoms with Gasteiger partial charge in [-0.15, -0.1) is 0 Å². The number of hydrogen-bond acceptors (Lipinski definition) is 4. The largest absolute Gasteiger partial charge is 0.496 e. The maximum absolute atomic E-state index is 13.4. The number of pyridine rings is 1. The Labute approximate surface area is 165 Å². The first-order valence-electron chi connectivity index (χ1n) is 10.1. The summed E-state index contributed by atoms with van der Waals surface area (Å²) in [6.07, 6.45) is 3.79. The van der Waals surface area contributed by atoms with Crippen LogP contribution in [0.25, 0.3) is 0 Å². The molecule has 0 aliphatic carbocycles. The highest BCUT2D eigenvalue weighted by molar-refractivity contribution is 5.98. The number of hydrogen-bond donors (Lipinski definition) is 0. The molecule has 28 heavy (non-hydrogen) atoms. The fourth-order valence-electron chi connectivity index (χ4n) is 4.27. The lowest BCUT2D eigenvalue weighted by atomic mass is 10.1. The van der Waals surface area contributed by atoms with Crippen molar-refractivity contribution in [3.8, 4) is 5.75 Å². The molecule has 0 atom stereocenters. The Morgan fingerprint density at radius 3 is 2.43 bits per heavy atom. The van der Waals surface area contributed by atoms with E-state index in [1.54, 1.807) is 4.57 Å². The summed E-state index contributed by atoms with van der Waals surface area (Å²) in [6.45, 7) is 3.60. The number of fused-ring (bicyclic) bond motifs is 1. The number of benzene rings is 1. The van der Waals surface area contributed by atoms with Crippen molar-refractivity contribution >= 4 is 11.6 Å². The molecule has 6 nitrogen and oxygen atoms in total. The lowest BCUT2D eigenvalue weighted by Gasteiger charge is -2.36. The van der Waals surface area contributed by atoms with Crippen molar-refractivity contribution in [1.82, 2.24) is 9.47 Å². The molecule has 0 unspecified atom stereocenters. The van der Waals surface area contributed by atoms with E-state index in [9.17, 15) is 9.59 Å². The van der Waals surface area contributed by atoms with Crippen molar-refractivity contribution in [2.24, 2.45) is 0 Å². The van der Waals surface area contributed by atoms with Gasteiger partial charge in [-0.2, -0.15) is 0 Å². The minimum absolute atomic E-state index is 0.0183. The van der Waals surface area contributed by atoms with Gasteiger partial charge in [0.25, 0.3) is 11.5 Å². The molecule has 0 bridgehead atoms. The maximum atomic E-state index is 13.4. The quantitative estimate of drug-likeness (QED) is 0.820. The van der Waals surface area contributed by atoms with E-state index < -0.39 is 0 Å². The van der Waals surface area contributed by atoms with Gasteiger partial charge in [0.15, 0.2) is 0 Å².